The van der Waals surface area contributed by atoms with Gasteiger partial charge >= 0.3 is 0 Å². The first kappa shape index (κ1) is 14.5. The normalized spacial score (nSPS) is 14.8. The van der Waals surface area contributed by atoms with E-state index in [1.54, 1.807) is 6.07 Å². The number of halogens is 2. The van der Waals surface area contributed by atoms with Gasteiger partial charge in [0.25, 0.3) is 0 Å². The first-order valence-electron chi connectivity index (χ1n) is 7.43. The first-order valence-corrected chi connectivity index (χ1v) is 7.81. The number of benzene rings is 1. The van der Waals surface area contributed by atoms with E-state index in [0.717, 1.165) is 24.1 Å². The summed E-state index contributed by atoms with van der Waals surface area (Å²) in [4.78, 5) is 0. The van der Waals surface area contributed by atoms with Crippen molar-refractivity contribution in [3.63, 3.8) is 0 Å². The van der Waals surface area contributed by atoms with Crippen LogP contribution in [0.2, 0.25) is 5.02 Å². The molecule has 0 atom stereocenters. The highest BCUT2D eigenvalue weighted by molar-refractivity contribution is 6.31. The van der Waals surface area contributed by atoms with Gasteiger partial charge in [-0.2, -0.15) is 5.10 Å². The smallest absolute Gasteiger partial charge is 0.124 e. The minimum atomic E-state index is -0.304. The van der Waals surface area contributed by atoms with Crippen LogP contribution in [0.3, 0.4) is 0 Å². The van der Waals surface area contributed by atoms with Gasteiger partial charge in [-0.3, -0.25) is 5.10 Å². The largest absolute Gasteiger partial charge is 0.307 e. The number of rotatable bonds is 4. The molecule has 112 valence electrons. The maximum absolute atomic E-state index is 13.0. The van der Waals surface area contributed by atoms with E-state index in [9.17, 15) is 4.39 Å². The Morgan fingerprint density at radius 2 is 2.05 bits per heavy atom. The van der Waals surface area contributed by atoms with E-state index in [1.165, 1.54) is 42.7 Å². The molecule has 1 aliphatic carbocycles. The number of nitrogens with one attached hydrogen (secondary N) is 2. The molecule has 0 saturated heterocycles. The van der Waals surface area contributed by atoms with E-state index in [0.29, 0.717) is 18.1 Å². The molecule has 0 radical (unpaired) electrons. The summed E-state index contributed by atoms with van der Waals surface area (Å²) < 4.78 is 13.0. The molecule has 0 bridgehead atoms. The summed E-state index contributed by atoms with van der Waals surface area (Å²) in [5.41, 5.74) is 4.68. The molecule has 1 heterocycles. The summed E-state index contributed by atoms with van der Waals surface area (Å²) in [5.74, 6) is -0.304. The average Bonchev–Trinajstić information content (AvgIpc) is 2.69. The van der Waals surface area contributed by atoms with E-state index in [2.05, 4.69) is 15.5 Å². The fraction of sp³-hybridized carbons (Fsp3) is 0.438. The van der Waals surface area contributed by atoms with Gasteiger partial charge in [-0.1, -0.05) is 24.1 Å². The van der Waals surface area contributed by atoms with Crippen LogP contribution in [0.5, 0.6) is 0 Å². The van der Waals surface area contributed by atoms with Crippen LogP contribution in [-0.4, -0.2) is 10.2 Å². The lowest BCUT2D eigenvalue weighted by Crippen LogP contribution is -2.14. The van der Waals surface area contributed by atoms with E-state index in [4.69, 9.17) is 11.6 Å². The molecule has 0 fully saturated rings. The van der Waals surface area contributed by atoms with E-state index in [1.807, 2.05) is 0 Å². The minimum absolute atomic E-state index is 0.304. The quantitative estimate of drug-likeness (QED) is 0.844. The predicted octanol–water partition coefficient (Wildman–Crippen LogP) is 3.76. The Morgan fingerprint density at radius 3 is 2.90 bits per heavy atom. The lowest BCUT2D eigenvalue weighted by atomic mass is 10.1. The molecule has 21 heavy (non-hydrogen) atoms. The molecule has 0 aliphatic heterocycles. The van der Waals surface area contributed by atoms with Crippen molar-refractivity contribution in [2.75, 3.05) is 0 Å². The lowest BCUT2D eigenvalue weighted by molar-refractivity contribution is 0.624. The molecule has 0 spiro atoms. The Balaban J connectivity index is 1.62. The Bertz CT molecular complexity index is 624. The molecular weight excluding hydrogens is 289 g/mol. The Hall–Kier alpha value is -1.39. The van der Waals surface area contributed by atoms with Crippen molar-refractivity contribution in [1.82, 2.24) is 15.5 Å². The maximum Gasteiger partial charge on any atom is 0.124 e. The molecule has 0 unspecified atom stereocenters. The fourth-order valence-corrected chi connectivity index (χ4v) is 3.09. The average molecular weight is 308 g/mol. The van der Waals surface area contributed by atoms with E-state index < -0.39 is 0 Å². The van der Waals surface area contributed by atoms with Gasteiger partial charge in [0.15, 0.2) is 0 Å². The topological polar surface area (TPSA) is 40.7 Å². The van der Waals surface area contributed by atoms with Crippen LogP contribution in [0.15, 0.2) is 18.2 Å². The van der Waals surface area contributed by atoms with Crippen molar-refractivity contribution in [2.24, 2.45) is 0 Å². The molecular formula is C16H19ClFN3. The summed E-state index contributed by atoms with van der Waals surface area (Å²) in [6, 6.07) is 4.50. The number of aromatic nitrogens is 2. The van der Waals surface area contributed by atoms with Gasteiger partial charge in [-0.25, -0.2) is 4.39 Å². The number of aryl methyl sites for hydroxylation is 1. The van der Waals surface area contributed by atoms with Gasteiger partial charge in [0.05, 0.1) is 5.69 Å². The SMILES string of the molecule is Fc1ccc(CNCc2n[nH]c3c2CCCCC3)c(Cl)c1. The van der Waals surface area contributed by atoms with Crippen molar-refractivity contribution < 1.29 is 4.39 Å². The zero-order valence-corrected chi connectivity index (χ0v) is 12.6. The maximum atomic E-state index is 13.0. The van der Waals surface area contributed by atoms with E-state index in [-0.39, 0.29) is 5.82 Å². The van der Waals surface area contributed by atoms with Crippen LogP contribution in [-0.2, 0) is 25.9 Å². The summed E-state index contributed by atoms with van der Waals surface area (Å²) in [6.45, 7) is 1.32. The van der Waals surface area contributed by atoms with Crippen molar-refractivity contribution >= 4 is 11.6 Å². The Labute approximate surface area is 128 Å². The van der Waals surface area contributed by atoms with Gasteiger partial charge in [0.1, 0.15) is 5.82 Å². The summed E-state index contributed by atoms with van der Waals surface area (Å²) in [5, 5.41) is 11.4. The monoisotopic (exact) mass is 307 g/mol. The van der Waals surface area contributed by atoms with Crippen molar-refractivity contribution in [3.8, 4) is 0 Å². The second-order valence-electron chi connectivity index (χ2n) is 5.53. The standard InChI is InChI=1S/C16H19ClFN3/c17-14-8-12(18)7-6-11(14)9-19-10-16-13-4-2-1-3-5-15(13)20-21-16/h6-8,19H,1-5,9-10H2,(H,20,21). The van der Waals surface area contributed by atoms with Crippen molar-refractivity contribution in [1.29, 1.82) is 0 Å². The molecule has 3 nitrogen and oxygen atoms in total. The predicted molar refractivity (Wildman–Crippen MR) is 81.8 cm³/mol. The second kappa shape index (κ2) is 6.58. The minimum Gasteiger partial charge on any atom is -0.307 e. The van der Waals surface area contributed by atoms with Gasteiger partial charge in [0.2, 0.25) is 0 Å². The van der Waals surface area contributed by atoms with Crippen LogP contribution in [0, 0.1) is 5.82 Å². The van der Waals surface area contributed by atoms with Crippen LogP contribution < -0.4 is 5.32 Å². The zero-order valence-electron chi connectivity index (χ0n) is 11.9. The molecule has 2 aromatic rings. The third-order valence-electron chi connectivity index (χ3n) is 4.02. The molecule has 2 N–H and O–H groups in total. The molecule has 0 saturated carbocycles. The van der Waals surface area contributed by atoms with Crippen LogP contribution in [0.1, 0.15) is 41.8 Å². The summed E-state index contributed by atoms with van der Waals surface area (Å²) in [6.07, 6.45) is 5.99. The van der Waals surface area contributed by atoms with Gasteiger partial charge in [-0.05, 0) is 48.9 Å². The highest BCUT2D eigenvalue weighted by Gasteiger charge is 2.15. The molecule has 5 heteroatoms. The third-order valence-corrected chi connectivity index (χ3v) is 4.37. The van der Waals surface area contributed by atoms with Crippen LogP contribution in [0.4, 0.5) is 4.39 Å². The number of aromatic amines is 1. The number of hydrogen-bond donors (Lipinski definition) is 2. The molecule has 1 aromatic carbocycles. The number of nitrogens with zero attached hydrogens (tertiary/aromatic N) is 1. The van der Waals surface area contributed by atoms with Crippen molar-refractivity contribution in [2.45, 2.75) is 45.2 Å². The zero-order chi connectivity index (χ0) is 14.7. The number of fused-ring (bicyclic) bond motifs is 1. The first-order chi connectivity index (χ1) is 10.2. The number of H-pyrrole nitrogens is 1. The number of hydrogen-bond acceptors (Lipinski definition) is 2. The Morgan fingerprint density at radius 1 is 1.19 bits per heavy atom. The van der Waals surface area contributed by atoms with Gasteiger partial charge < -0.3 is 5.32 Å². The third kappa shape index (κ3) is 3.44. The van der Waals surface area contributed by atoms with E-state index >= 15 is 0 Å². The molecule has 1 aliphatic rings. The fourth-order valence-electron chi connectivity index (χ4n) is 2.85. The molecule has 3 rings (SSSR count). The van der Waals surface area contributed by atoms with Crippen molar-refractivity contribution in [3.05, 3.63) is 51.6 Å². The highest BCUT2D eigenvalue weighted by Crippen LogP contribution is 2.22. The summed E-state index contributed by atoms with van der Waals surface area (Å²) in [7, 11) is 0. The van der Waals surface area contributed by atoms with Gasteiger partial charge in [0, 0.05) is 23.8 Å². The van der Waals surface area contributed by atoms with Gasteiger partial charge in [-0.15, -0.1) is 0 Å². The lowest BCUT2D eigenvalue weighted by Gasteiger charge is -2.07. The highest BCUT2D eigenvalue weighted by atomic mass is 35.5. The van der Waals surface area contributed by atoms with Crippen LogP contribution >= 0.6 is 11.6 Å². The second-order valence-corrected chi connectivity index (χ2v) is 5.93. The summed E-state index contributed by atoms with van der Waals surface area (Å²) >= 11 is 6.03. The van der Waals surface area contributed by atoms with Crippen LogP contribution in [0.25, 0.3) is 0 Å². The molecule has 0 amide bonds. The molecule has 1 aromatic heterocycles. The Kier molecular flexibility index (Phi) is 4.56.